The molecule has 0 aliphatic carbocycles. The fraction of sp³-hybridized carbons (Fsp3) is 1.00. The number of hydrogen-bond donors (Lipinski definition) is 1. The Balaban J connectivity index is 2.52. The van der Waals surface area contributed by atoms with Gasteiger partial charge in [0.1, 0.15) is 0 Å². The van der Waals surface area contributed by atoms with Gasteiger partial charge in [0.25, 0.3) is 0 Å². The molecular formula is C12H26N2. The van der Waals surface area contributed by atoms with E-state index in [2.05, 4.69) is 38.0 Å². The highest BCUT2D eigenvalue weighted by atomic mass is 15.2. The molecule has 2 nitrogen and oxygen atoms in total. The summed E-state index contributed by atoms with van der Waals surface area (Å²) in [6.07, 6.45) is 5.40. The van der Waals surface area contributed by atoms with Crippen molar-refractivity contribution in [1.82, 2.24) is 10.2 Å². The van der Waals surface area contributed by atoms with Crippen molar-refractivity contribution in [2.45, 2.75) is 64.6 Å². The molecule has 1 heterocycles. The standard InChI is InChI=1S/C12H26N2/c1-5-12(13-4)11(3)14-9-7-6-8-10(14)2/h10-13H,5-9H2,1-4H3. The van der Waals surface area contributed by atoms with Gasteiger partial charge in [0.15, 0.2) is 0 Å². The summed E-state index contributed by atoms with van der Waals surface area (Å²) in [6.45, 7) is 8.30. The molecule has 2 heteroatoms. The number of nitrogens with zero attached hydrogens (tertiary/aromatic N) is 1. The molecule has 0 aromatic carbocycles. The molecule has 0 saturated carbocycles. The van der Waals surface area contributed by atoms with E-state index < -0.39 is 0 Å². The van der Waals surface area contributed by atoms with Crippen LogP contribution in [0.2, 0.25) is 0 Å². The fourth-order valence-electron chi connectivity index (χ4n) is 2.74. The molecule has 1 N–H and O–H groups in total. The van der Waals surface area contributed by atoms with Crippen LogP contribution in [0, 0.1) is 0 Å². The zero-order chi connectivity index (χ0) is 10.6. The monoisotopic (exact) mass is 198 g/mol. The van der Waals surface area contributed by atoms with Crippen molar-refractivity contribution >= 4 is 0 Å². The van der Waals surface area contributed by atoms with E-state index in [0.29, 0.717) is 12.1 Å². The van der Waals surface area contributed by atoms with Gasteiger partial charge in [-0.05, 0) is 46.7 Å². The van der Waals surface area contributed by atoms with Gasteiger partial charge in [-0.1, -0.05) is 13.3 Å². The molecule has 3 unspecified atom stereocenters. The zero-order valence-electron chi connectivity index (χ0n) is 10.2. The van der Waals surface area contributed by atoms with E-state index in [1.807, 2.05) is 0 Å². The first-order valence-electron chi connectivity index (χ1n) is 6.13. The van der Waals surface area contributed by atoms with Gasteiger partial charge in [0.2, 0.25) is 0 Å². The minimum Gasteiger partial charge on any atom is -0.315 e. The SMILES string of the molecule is CCC(NC)C(C)N1CCCCC1C. The Morgan fingerprint density at radius 3 is 2.64 bits per heavy atom. The van der Waals surface area contributed by atoms with Crippen LogP contribution in [0.15, 0.2) is 0 Å². The molecule has 1 aliphatic heterocycles. The first kappa shape index (κ1) is 12.0. The molecule has 0 radical (unpaired) electrons. The van der Waals surface area contributed by atoms with Gasteiger partial charge < -0.3 is 5.32 Å². The first-order valence-corrected chi connectivity index (χ1v) is 6.13. The third kappa shape index (κ3) is 2.71. The number of hydrogen-bond acceptors (Lipinski definition) is 2. The van der Waals surface area contributed by atoms with E-state index >= 15 is 0 Å². The molecule has 0 aromatic heterocycles. The van der Waals surface area contributed by atoms with E-state index in [1.165, 1.54) is 32.2 Å². The van der Waals surface area contributed by atoms with Crippen LogP contribution in [0.25, 0.3) is 0 Å². The van der Waals surface area contributed by atoms with Crippen LogP contribution in [0.4, 0.5) is 0 Å². The Labute approximate surface area is 89.1 Å². The number of nitrogens with one attached hydrogen (secondary N) is 1. The minimum absolute atomic E-state index is 0.649. The summed E-state index contributed by atoms with van der Waals surface area (Å²) in [5.41, 5.74) is 0. The Morgan fingerprint density at radius 1 is 1.43 bits per heavy atom. The molecule has 0 bridgehead atoms. The van der Waals surface area contributed by atoms with Crippen molar-refractivity contribution in [2.75, 3.05) is 13.6 Å². The van der Waals surface area contributed by atoms with Crippen molar-refractivity contribution < 1.29 is 0 Å². The maximum atomic E-state index is 3.43. The summed E-state index contributed by atoms with van der Waals surface area (Å²) in [5.74, 6) is 0. The maximum Gasteiger partial charge on any atom is 0.0223 e. The lowest BCUT2D eigenvalue weighted by molar-refractivity contribution is 0.0914. The molecule has 14 heavy (non-hydrogen) atoms. The van der Waals surface area contributed by atoms with E-state index in [1.54, 1.807) is 0 Å². The normalized spacial score (nSPS) is 28.7. The quantitative estimate of drug-likeness (QED) is 0.745. The van der Waals surface area contributed by atoms with Gasteiger partial charge >= 0.3 is 0 Å². The highest BCUT2D eigenvalue weighted by Crippen LogP contribution is 2.21. The van der Waals surface area contributed by atoms with Crippen molar-refractivity contribution in [2.24, 2.45) is 0 Å². The van der Waals surface area contributed by atoms with Crippen molar-refractivity contribution in [3.63, 3.8) is 0 Å². The van der Waals surface area contributed by atoms with Crippen LogP contribution >= 0.6 is 0 Å². The smallest absolute Gasteiger partial charge is 0.0223 e. The lowest BCUT2D eigenvalue weighted by atomic mass is 9.97. The summed E-state index contributed by atoms with van der Waals surface area (Å²) in [7, 11) is 2.08. The topological polar surface area (TPSA) is 15.3 Å². The maximum absolute atomic E-state index is 3.43. The molecule has 1 saturated heterocycles. The molecule has 1 fully saturated rings. The van der Waals surface area contributed by atoms with Crippen LogP contribution in [-0.4, -0.2) is 36.6 Å². The van der Waals surface area contributed by atoms with Crippen molar-refractivity contribution in [3.05, 3.63) is 0 Å². The second-order valence-electron chi connectivity index (χ2n) is 4.63. The molecule has 84 valence electrons. The Hall–Kier alpha value is -0.0800. The van der Waals surface area contributed by atoms with E-state index in [9.17, 15) is 0 Å². The summed E-state index contributed by atoms with van der Waals surface area (Å²) in [5, 5.41) is 3.43. The molecular weight excluding hydrogens is 172 g/mol. The molecule has 1 aliphatic rings. The minimum atomic E-state index is 0.649. The third-order valence-corrected chi connectivity index (χ3v) is 3.77. The predicted octanol–water partition coefficient (Wildman–Crippen LogP) is 2.25. The van der Waals surface area contributed by atoms with Gasteiger partial charge in [-0.15, -0.1) is 0 Å². The zero-order valence-corrected chi connectivity index (χ0v) is 10.2. The Kier molecular flexibility index (Phi) is 4.90. The Bertz CT molecular complexity index is 154. The molecule has 0 spiro atoms. The largest absolute Gasteiger partial charge is 0.315 e. The predicted molar refractivity (Wildman–Crippen MR) is 62.6 cm³/mol. The van der Waals surface area contributed by atoms with Crippen LogP contribution in [0.5, 0.6) is 0 Å². The third-order valence-electron chi connectivity index (χ3n) is 3.77. The average molecular weight is 198 g/mol. The average Bonchev–Trinajstić information content (AvgIpc) is 2.20. The van der Waals surface area contributed by atoms with E-state index in [0.717, 1.165) is 6.04 Å². The van der Waals surface area contributed by atoms with Crippen LogP contribution in [0.1, 0.15) is 46.5 Å². The summed E-state index contributed by atoms with van der Waals surface area (Å²) < 4.78 is 0. The number of likely N-dealkylation sites (tertiary alicyclic amines) is 1. The number of likely N-dealkylation sites (N-methyl/N-ethyl adjacent to an activating group) is 1. The van der Waals surface area contributed by atoms with Gasteiger partial charge in [-0.2, -0.15) is 0 Å². The van der Waals surface area contributed by atoms with Gasteiger partial charge in [-0.3, -0.25) is 4.90 Å². The number of piperidine rings is 1. The highest BCUT2D eigenvalue weighted by molar-refractivity contribution is 4.84. The lowest BCUT2D eigenvalue weighted by Gasteiger charge is -2.41. The van der Waals surface area contributed by atoms with E-state index in [-0.39, 0.29) is 0 Å². The van der Waals surface area contributed by atoms with Gasteiger partial charge in [0.05, 0.1) is 0 Å². The van der Waals surface area contributed by atoms with E-state index in [4.69, 9.17) is 0 Å². The van der Waals surface area contributed by atoms with Gasteiger partial charge in [0, 0.05) is 18.1 Å². The first-order chi connectivity index (χ1) is 6.70. The van der Waals surface area contributed by atoms with Gasteiger partial charge in [-0.25, -0.2) is 0 Å². The van der Waals surface area contributed by atoms with Crippen molar-refractivity contribution in [1.29, 1.82) is 0 Å². The van der Waals surface area contributed by atoms with Crippen LogP contribution in [0.3, 0.4) is 0 Å². The lowest BCUT2D eigenvalue weighted by Crippen LogP contribution is -2.52. The summed E-state index contributed by atoms with van der Waals surface area (Å²) in [6, 6.07) is 2.11. The van der Waals surface area contributed by atoms with Crippen molar-refractivity contribution in [3.8, 4) is 0 Å². The molecule has 0 aromatic rings. The highest BCUT2D eigenvalue weighted by Gasteiger charge is 2.26. The Morgan fingerprint density at radius 2 is 2.14 bits per heavy atom. The molecule has 3 atom stereocenters. The molecule has 1 rings (SSSR count). The van der Waals surface area contributed by atoms with Crippen LogP contribution < -0.4 is 5.32 Å². The number of rotatable bonds is 4. The summed E-state index contributed by atoms with van der Waals surface area (Å²) in [4.78, 5) is 2.67. The fourth-order valence-corrected chi connectivity index (χ4v) is 2.74. The second-order valence-corrected chi connectivity index (χ2v) is 4.63. The molecule has 0 amide bonds. The van der Waals surface area contributed by atoms with Crippen LogP contribution in [-0.2, 0) is 0 Å². The summed E-state index contributed by atoms with van der Waals surface area (Å²) >= 11 is 0. The second kappa shape index (κ2) is 5.72.